The number of methoxy groups -OCH3 is 1. The lowest BCUT2D eigenvalue weighted by Gasteiger charge is -2.09. The van der Waals surface area contributed by atoms with E-state index in [1.54, 1.807) is 24.1 Å². The zero-order valence-corrected chi connectivity index (χ0v) is 17.6. The Kier molecular flexibility index (Phi) is 5.17. The lowest BCUT2D eigenvalue weighted by molar-refractivity contribution is 0.0945. The van der Waals surface area contributed by atoms with Crippen LogP contribution in [0.1, 0.15) is 16.1 Å². The van der Waals surface area contributed by atoms with E-state index < -0.39 is 0 Å². The first-order valence-corrected chi connectivity index (χ1v) is 10.4. The number of nitrogens with one attached hydrogen (secondary N) is 1. The fourth-order valence-electron chi connectivity index (χ4n) is 3.76. The molecule has 32 heavy (non-hydrogen) atoms. The number of fused-ring (bicyclic) bond motifs is 1. The molecule has 1 N–H and O–H groups in total. The van der Waals surface area contributed by atoms with Crippen molar-refractivity contribution < 1.29 is 9.53 Å². The summed E-state index contributed by atoms with van der Waals surface area (Å²) in [6.07, 6.45) is 3.89. The normalized spacial score (nSPS) is 10.9. The summed E-state index contributed by atoms with van der Waals surface area (Å²) in [4.78, 5) is 12.7. The molecule has 158 valence electrons. The molecule has 3 heterocycles. The van der Waals surface area contributed by atoms with E-state index >= 15 is 0 Å². The van der Waals surface area contributed by atoms with Crippen LogP contribution >= 0.6 is 0 Å². The largest absolute Gasteiger partial charge is 0.496 e. The Morgan fingerprint density at radius 3 is 2.53 bits per heavy atom. The summed E-state index contributed by atoms with van der Waals surface area (Å²) in [5.74, 6) is 1.37. The Balaban J connectivity index is 1.39. The quantitative estimate of drug-likeness (QED) is 0.430. The van der Waals surface area contributed by atoms with Crippen molar-refractivity contribution in [3.63, 3.8) is 0 Å². The fraction of sp³-hybridized carbons (Fsp3) is 0.0769. The molecule has 5 rings (SSSR count). The van der Waals surface area contributed by atoms with Gasteiger partial charge >= 0.3 is 0 Å². The zero-order chi connectivity index (χ0) is 21.9. The number of amides is 1. The molecular weight excluding hydrogens is 400 g/mol. The van der Waals surface area contributed by atoms with Gasteiger partial charge in [0.15, 0.2) is 5.69 Å². The minimum atomic E-state index is -0.236. The SMILES string of the molecule is COc1ccccc1CNC(=O)c1ccn(-c2ccc3ccc(-c4ccccc4)cn23)n1. The van der Waals surface area contributed by atoms with Crippen LogP contribution in [-0.2, 0) is 6.54 Å². The number of benzene rings is 2. The van der Waals surface area contributed by atoms with Crippen LogP contribution in [0.4, 0.5) is 0 Å². The van der Waals surface area contributed by atoms with Gasteiger partial charge < -0.3 is 14.5 Å². The lowest BCUT2D eigenvalue weighted by atomic mass is 10.1. The van der Waals surface area contributed by atoms with E-state index in [9.17, 15) is 4.79 Å². The van der Waals surface area contributed by atoms with E-state index in [-0.39, 0.29) is 5.91 Å². The lowest BCUT2D eigenvalue weighted by Crippen LogP contribution is -2.23. The summed E-state index contributed by atoms with van der Waals surface area (Å²) in [6.45, 7) is 0.365. The van der Waals surface area contributed by atoms with Gasteiger partial charge in [-0.25, -0.2) is 4.68 Å². The Morgan fingerprint density at radius 1 is 0.906 bits per heavy atom. The molecule has 0 atom stereocenters. The molecule has 6 heteroatoms. The summed E-state index contributed by atoms with van der Waals surface area (Å²) < 4.78 is 9.14. The van der Waals surface area contributed by atoms with Gasteiger partial charge in [0.05, 0.1) is 7.11 Å². The van der Waals surface area contributed by atoms with Gasteiger partial charge in [0.1, 0.15) is 11.6 Å². The van der Waals surface area contributed by atoms with Crippen molar-refractivity contribution in [1.82, 2.24) is 19.5 Å². The zero-order valence-electron chi connectivity index (χ0n) is 17.6. The predicted octanol–water partition coefficient (Wildman–Crippen LogP) is 4.73. The second-order valence-corrected chi connectivity index (χ2v) is 7.41. The van der Waals surface area contributed by atoms with E-state index in [2.05, 4.69) is 45.3 Å². The van der Waals surface area contributed by atoms with Crippen LogP contribution in [0.2, 0.25) is 0 Å². The molecule has 0 aliphatic rings. The van der Waals surface area contributed by atoms with E-state index in [4.69, 9.17) is 4.74 Å². The predicted molar refractivity (Wildman–Crippen MR) is 124 cm³/mol. The third-order valence-electron chi connectivity index (χ3n) is 5.43. The molecule has 6 nitrogen and oxygen atoms in total. The van der Waals surface area contributed by atoms with Crippen molar-refractivity contribution in [2.24, 2.45) is 0 Å². The van der Waals surface area contributed by atoms with Crippen molar-refractivity contribution >= 4 is 11.4 Å². The number of pyridine rings is 1. The summed E-state index contributed by atoms with van der Waals surface area (Å²) in [5, 5.41) is 7.43. The van der Waals surface area contributed by atoms with E-state index in [1.807, 2.05) is 54.6 Å². The molecule has 3 aromatic heterocycles. The first kappa shape index (κ1) is 19.6. The van der Waals surface area contributed by atoms with Gasteiger partial charge in [0.25, 0.3) is 5.91 Å². The highest BCUT2D eigenvalue weighted by atomic mass is 16.5. The molecular formula is C26H22N4O2. The summed E-state index contributed by atoms with van der Waals surface area (Å²) in [5.41, 5.74) is 4.57. The van der Waals surface area contributed by atoms with Gasteiger partial charge in [-0.05, 0) is 41.5 Å². The van der Waals surface area contributed by atoms with E-state index in [1.165, 1.54) is 0 Å². The van der Waals surface area contributed by atoms with Crippen LogP contribution in [0, 0.1) is 0 Å². The van der Waals surface area contributed by atoms with Crippen LogP contribution < -0.4 is 10.1 Å². The molecule has 1 amide bonds. The van der Waals surface area contributed by atoms with Crippen molar-refractivity contribution in [2.45, 2.75) is 6.54 Å². The van der Waals surface area contributed by atoms with Gasteiger partial charge in [-0.2, -0.15) is 5.10 Å². The third-order valence-corrected chi connectivity index (χ3v) is 5.43. The summed E-state index contributed by atoms with van der Waals surface area (Å²) >= 11 is 0. The smallest absolute Gasteiger partial charge is 0.272 e. The number of ether oxygens (including phenoxy) is 1. The number of aromatic nitrogens is 3. The monoisotopic (exact) mass is 422 g/mol. The topological polar surface area (TPSA) is 60.6 Å². The molecule has 0 aliphatic heterocycles. The van der Waals surface area contributed by atoms with Crippen LogP contribution in [0.3, 0.4) is 0 Å². The molecule has 0 spiro atoms. The second kappa shape index (κ2) is 8.43. The van der Waals surface area contributed by atoms with Crippen LogP contribution in [-0.4, -0.2) is 27.2 Å². The van der Waals surface area contributed by atoms with Crippen LogP contribution in [0.15, 0.2) is 97.3 Å². The molecule has 0 fully saturated rings. The van der Waals surface area contributed by atoms with Gasteiger partial charge in [0.2, 0.25) is 0 Å². The molecule has 0 saturated heterocycles. The standard InChI is InChI=1S/C26H22N4O2/c1-32-24-10-6-5-9-20(24)17-27-26(31)23-15-16-30(28-23)25-14-13-22-12-11-21(18-29(22)25)19-7-3-2-4-8-19/h2-16,18H,17H2,1H3,(H,27,31). The number of rotatable bonds is 6. The number of hydrogen-bond donors (Lipinski definition) is 1. The van der Waals surface area contributed by atoms with Crippen molar-refractivity contribution in [3.05, 3.63) is 109 Å². The summed E-state index contributed by atoms with van der Waals surface area (Å²) in [6, 6.07) is 27.8. The minimum absolute atomic E-state index is 0.236. The number of nitrogens with zero attached hydrogens (tertiary/aromatic N) is 3. The Hall–Kier alpha value is -4.32. The van der Waals surface area contributed by atoms with E-state index in [0.29, 0.717) is 12.2 Å². The number of carbonyl (C=O) groups excluding carboxylic acids is 1. The average Bonchev–Trinajstić information content (AvgIpc) is 3.50. The molecule has 0 bridgehead atoms. The second-order valence-electron chi connectivity index (χ2n) is 7.41. The molecule has 0 aliphatic carbocycles. The van der Waals surface area contributed by atoms with Gasteiger partial charge in [-0.3, -0.25) is 4.79 Å². The van der Waals surface area contributed by atoms with E-state index in [0.717, 1.165) is 33.8 Å². The number of para-hydroxylation sites is 1. The average molecular weight is 422 g/mol. The van der Waals surface area contributed by atoms with Crippen LogP contribution in [0.5, 0.6) is 5.75 Å². The Morgan fingerprint density at radius 2 is 1.69 bits per heavy atom. The number of hydrogen-bond acceptors (Lipinski definition) is 3. The van der Waals surface area contributed by atoms with Crippen LogP contribution in [0.25, 0.3) is 22.5 Å². The maximum Gasteiger partial charge on any atom is 0.272 e. The van der Waals surface area contributed by atoms with Gasteiger partial charge in [-0.1, -0.05) is 54.6 Å². The Labute approximate surface area is 185 Å². The minimum Gasteiger partial charge on any atom is -0.496 e. The fourth-order valence-corrected chi connectivity index (χ4v) is 3.76. The first-order chi connectivity index (χ1) is 15.7. The third kappa shape index (κ3) is 3.74. The maximum absolute atomic E-state index is 12.7. The highest BCUT2D eigenvalue weighted by Gasteiger charge is 2.13. The first-order valence-electron chi connectivity index (χ1n) is 10.4. The Bertz CT molecular complexity index is 1390. The van der Waals surface area contributed by atoms with Crippen molar-refractivity contribution in [1.29, 1.82) is 0 Å². The molecule has 5 aromatic rings. The molecule has 0 saturated carbocycles. The van der Waals surface area contributed by atoms with Crippen molar-refractivity contribution in [3.8, 4) is 22.7 Å². The van der Waals surface area contributed by atoms with Gasteiger partial charge in [0, 0.05) is 30.0 Å². The van der Waals surface area contributed by atoms with Gasteiger partial charge in [-0.15, -0.1) is 0 Å². The maximum atomic E-state index is 12.7. The molecule has 0 radical (unpaired) electrons. The molecule has 2 aromatic carbocycles. The number of carbonyl (C=O) groups is 1. The summed E-state index contributed by atoms with van der Waals surface area (Å²) in [7, 11) is 1.62. The highest BCUT2D eigenvalue weighted by Crippen LogP contribution is 2.23. The highest BCUT2D eigenvalue weighted by molar-refractivity contribution is 5.92. The molecule has 0 unspecified atom stereocenters. The van der Waals surface area contributed by atoms with Crippen molar-refractivity contribution in [2.75, 3.05) is 7.11 Å².